The first-order chi connectivity index (χ1) is 8.56. The quantitative estimate of drug-likeness (QED) is 0.913. The van der Waals surface area contributed by atoms with Gasteiger partial charge in [-0.15, -0.1) is 0 Å². The van der Waals surface area contributed by atoms with Crippen LogP contribution in [0.3, 0.4) is 0 Å². The topological polar surface area (TPSA) is 38.1 Å². The molecule has 0 fully saturated rings. The fraction of sp³-hybridized carbons (Fsp3) is 0.357. The first kappa shape index (κ1) is 13.1. The molecular formula is C14H17ClN2O. The molecule has 1 atom stereocenters. The number of oxazole rings is 1. The Bertz CT molecular complexity index is 517. The molecule has 0 unspecified atom stereocenters. The van der Waals surface area contributed by atoms with E-state index in [1.807, 2.05) is 32.0 Å². The van der Waals surface area contributed by atoms with Gasteiger partial charge in [0.15, 0.2) is 0 Å². The fourth-order valence-corrected chi connectivity index (χ4v) is 1.95. The summed E-state index contributed by atoms with van der Waals surface area (Å²) in [7, 11) is 0. The SMILES string of the molecule is Cc1nc(CN[C@H](C)c2cccc(Cl)c2)oc1C. The molecule has 0 spiro atoms. The van der Waals surface area contributed by atoms with E-state index >= 15 is 0 Å². The van der Waals surface area contributed by atoms with Crippen LogP contribution in [-0.4, -0.2) is 4.98 Å². The normalized spacial score (nSPS) is 12.7. The third kappa shape index (κ3) is 3.12. The number of aryl methyl sites for hydroxylation is 2. The molecule has 0 saturated heterocycles. The predicted octanol–water partition coefficient (Wildman–Crippen LogP) is 3.80. The minimum Gasteiger partial charge on any atom is -0.444 e. The summed E-state index contributed by atoms with van der Waals surface area (Å²) in [5, 5.41) is 4.12. The summed E-state index contributed by atoms with van der Waals surface area (Å²) in [6.07, 6.45) is 0. The van der Waals surface area contributed by atoms with Crippen LogP contribution in [0.15, 0.2) is 28.7 Å². The Morgan fingerprint density at radius 2 is 2.17 bits per heavy atom. The van der Waals surface area contributed by atoms with E-state index in [0.29, 0.717) is 6.54 Å². The molecule has 0 bridgehead atoms. The molecule has 18 heavy (non-hydrogen) atoms. The van der Waals surface area contributed by atoms with Crippen LogP contribution in [0.25, 0.3) is 0 Å². The van der Waals surface area contributed by atoms with Gasteiger partial charge in [0.2, 0.25) is 5.89 Å². The van der Waals surface area contributed by atoms with Crippen LogP contribution in [0.2, 0.25) is 5.02 Å². The van der Waals surface area contributed by atoms with Crippen molar-refractivity contribution in [2.45, 2.75) is 33.4 Å². The third-order valence-corrected chi connectivity index (χ3v) is 3.22. The van der Waals surface area contributed by atoms with Crippen LogP contribution in [-0.2, 0) is 6.54 Å². The molecule has 2 rings (SSSR count). The highest BCUT2D eigenvalue weighted by Crippen LogP contribution is 2.18. The first-order valence-electron chi connectivity index (χ1n) is 5.98. The van der Waals surface area contributed by atoms with Crippen LogP contribution >= 0.6 is 11.6 Å². The Labute approximate surface area is 112 Å². The second kappa shape index (κ2) is 5.55. The maximum absolute atomic E-state index is 5.97. The molecule has 0 aliphatic rings. The summed E-state index contributed by atoms with van der Waals surface area (Å²) < 4.78 is 5.52. The summed E-state index contributed by atoms with van der Waals surface area (Å²) >= 11 is 5.97. The van der Waals surface area contributed by atoms with Crippen molar-refractivity contribution in [2.75, 3.05) is 0 Å². The van der Waals surface area contributed by atoms with E-state index in [1.54, 1.807) is 0 Å². The van der Waals surface area contributed by atoms with Gasteiger partial charge in [0, 0.05) is 11.1 Å². The summed E-state index contributed by atoms with van der Waals surface area (Å²) in [5.41, 5.74) is 2.10. The highest BCUT2D eigenvalue weighted by Gasteiger charge is 2.09. The predicted molar refractivity (Wildman–Crippen MR) is 72.7 cm³/mol. The Balaban J connectivity index is 1.98. The molecule has 0 aliphatic heterocycles. The highest BCUT2D eigenvalue weighted by atomic mass is 35.5. The maximum Gasteiger partial charge on any atom is 0.208 e. The molecule has 1 N–H and O–H groups in total. The second-order valence-electron chi connectivity index (χ2n) is 4.41. The van der Waals surface area contributed by atoms with E-state index in [4.69, 9.17) is 16.0 Å². The van der Waals surface area contributed by atoms with Crippen molar-refractivity contribution in [3.8, 4) is 0 Å². The van der Waals surface area contributed by atoms with E-state index in [9.17, 15) is 0 Å². The molecule has 0 aliphatic carbocycles. The molecule has 96 valence electrons. The minimum atomic E-state index is 0.205. The van der Waals surface area contributed by atoms with Gasteiger partial charge in [0.25, 0.3) is 0 Å². The lowest BCUT2D eigenvalue weighted by Crippen LogP contribution is -2.18. The molecule has 2 aromatic rings. The molecule has 0 radical (unpaired) electrons. The Morgan fingerprint density at radius 3 is 2.78 bits per heavy atom. The van der Waals surface area contributed by atoms with Crippen LogP contribution in [0, 0.1) is 13.8 Å². The number of hydrogen-bond acceptors (Lipinski definition) is 3. The van der Waals surface area contributed by atoms with Crippen LogP contribution in [0.5, 0.6) is 0 Å². The van der Waals surface area contributed by atoms with Gasteiger partial charge < -0.3 is 9.73 Å². The van der Waals surface area contributed by atoms with E-state index in [1.165, 1.54) is 0 Å². The van der Waals surface area contributed by atoms with E-state index in [-0.39, 0.29) is 6.04 Å². The number of halogens is 1. The monoisotopic (exact) mass is 264 g/mol. The van der Waals surface area contributed by atoms with Gasteiger partial charge in [-0.25, -0.2) is 4.98 Å². The Morgan fingerprint density at radius 1 is 1.39 bits per heavy atom. The number of rotatable bonds is 4. The summed E-state index contributed by atoms with van der Waals surface area (Å²) in [5.74, 6) is 1.60. The second-order valence-corrected chi connectivity index (χ2v) is 4.84. The van der Waals surface area contributed by atoms with Gasteiger partial charge >= 0.3 is 0 Å². The lowest BCUT2D eigenvalue weighted by molar-refractivity contribution is 0.432. The molecular weight excluding hydrogens is 248 g/mol. The maximum atomic E-state index is 5.97. The van der Waals surface area contributed by atoms with Crippen molar-refractivity contribution in [2.24, 2.45) is 0 Å². The van der Waals surface area contributed by atoms with Gasteiger partial charge in [0.05, 0.1) is 12.2 Å². The van der Waals surface area contributed by atoms with E-state index in [0.717, 1.165) is 27.9 Å². The Hall–Kier alpha value is -1.32. The average molecular weight is 265 g/mol. The van der Waals surface area contributed by atoms with Crippen molar-refractivity contribution >= 4 is 11.6 Å². The number of nitrogens with one attached hydrogen (secondary N) is 1. The molecule has 3 nitrogen and oxygen atoms in total. The summed E-state index contributed by atoms with van der Waals surface area (Å²) in [6.45, 7) is 6.58. The van der Waals surface area contributed by atoms with Crippen LogP contribution in [0.4, 0.5) is 0 Å². The number of benzene rings is 1. The molecule has 1 heterocycles. The first-order valence-corrected chi connectivity index (χ1v) is 6.36. The number of nitrogens with zero attached hydrogens (tertiary/aromatic N) is 1. The molecule has 1 aromatic heterocycles. The van der Waals surface area contributed by atoms with Gasteiger partial charge in [-0.1, -0.05) is 23.7 Å². The largest absolute Gasteiger partial charge is 0.444 e. The van der Waals surface area contributed by atoms with Crippen molar-refractivity contribution in [3.05, 3.63) is 52.2 Å². The number of hydrogen-bond donors (Lipinski definition) is 1. The zero-order valence-corrected chi connectivity index (χ0v) is 11.6. The lowest BCUT2D eigenvalue weighted by Gasteiger charge is -2.13. The smallest absolute Gasteiger partial charge is 0.208 e. The van der Waals surface area contributed by atoms with Gasteiger partial charge in [-0.3, -0.25) is 0 Å². The summed E-state index contributed by atoms with van der Waals surface area (Å²) in [4.78, 5) is 4.34. The molecule has 0 amide bonds. The van der Waals surface area contributed by atoms with Gasteiger partial charge in [-0.05, 0) is 38.5 Å². The average Bonchev–Trinajstić information content (AvgIpc) is 2.66. The fourth-order valence-electron chi connectivity index (χ4n) is 1.75. The van der Waals surface area contributed by atoms with Crippen molar-refractivity contribution in [3.63, 3.8) is 0 Å². The zero-order chi connectivity index (χ0) is 13.1. The zero-order valence-electron chi connectivity index (χ0n) is 10.8. The molecule has 4 heteroatoms. The van der Waals surface area contributed by atoms with E-state index in [2.05, 4.69) is 23.3 Å². The van der Waals surface area contributed by atoms with Gasteiger partial charge in [0.1, 0.15) is 5.76 Å². The Kier molecular flexibility index (Phi) is 4.04. The van der Waals surface area contributed by atoms with Crippen molar-refractivity contribution in [1.29, 1.82) is 0 Å². The summed E-state index contributed by atoms with van der Waals surface area (Å²) in [6, 6.07) is 8.05. The van der Waals surface area contributed by atoms with E-state index < -0.39 is 0 Å². The third-order valence-electron chi connectivity index (χ3n) is 2.98. The standard InChI is InChI=1S/C14H17ClN2O/c1-9-11(3)18-14(17-9)8-16-10(2)12-5-4-6-13(15)7-12/h4-7,10,16H,8H2,1-3H3/t10-/m1/s1. The highest BCUT2D eigenvalue weighted by molar-refractivity contribution is 6.30. The van der Waals surface area contributed by atoms with Gasteiger partial charge in [-0.2, -0.15) is 0 Å². The van der Waals surface area contributed by atoms with Crippen molar-refractivity contribution in [1.82, 2.24) is 10.3 Å². The van der Waals surface area contributed by atoms with Crippen LogP contribution in [0.1, 0.15) is 35.9 Å². The molecule has 1 aromatic carbocycles. The van der Waals surface area contributed by atoms with Crippen LogP contribution < -0.4 is 5.32 Å². The minimum absolute atomic E-state index is 0.205. The lowest BCUT2D eigenvalue weighted by atomic mass is 10.1. The molecule has 0 saturated carbocycles. The van der Waals surface area contributed by atoms with Crippen molar-refractivity contribution < 1.29 is 4.42 Å². The number of aromatic nitrogens is 1.